The number of aryl methyl sites for hydroxylation is 2. The van der Waals surface area contributed by atoms with Gasteiger partial charge in [-0.25, -0.2) is 8.42 Å². The zero-order valence-electron chi connectivity index (χ0n) is 11.7. The summed E-state index contributed by atoms with van der Waals surface area (Å²) in [5, 5.41) is 6.36. The third-order valence-corrected chi connectivity index (χ3v) is 4.59. The fraction of sp³-hybridized carbons (Fsp3) is 0.357. The van der Waals surface area contributed by atoms with E-state index in [9.17, 15) is 8.42 Å². The molecule has 0 saturated heterocycles. The van der Waals surface area contributed by atoms with Crippen LogP contribution >= 0.6 is 0 Å². The van der Waals surface area contributed by atoms with Gasteiger partial charge in [-0.3, -0.25) is 9.82 Å². The number of H-pyrrole nitrogens is 1. The lowest BCUT2D eigenvalue weighted by molar-refractivity contribution is 0.600. The molecule has 108 valence electrons. The summed E-state index contributed by atoms with van der Waals surface area (Å²) >= 11 is 0. The van der Waals surface area contributed by atoms with E-state index in [1.54, 1.807) is 19.1 Å². The first-order valence-corrected chi connectivity index (χ1v) is 8.13. The number of nitrogens with zero attached hydrogens (tertiary/aromatic N) is 1. The second kappa shape index (κ2) is 6.09. The lowest BCUT2D eigenvalue weighted by Gasteiger charge is -2.08. The van der Waals surface area contributed by atoms with E-state index in [1.165, 1.54) is 11.8 Å². The summed E-state index contributed by atoms with van der Waals surface area (Å²) in [4.78, 5) is 0.174. The molecule has 0 aliphatic rings. The second-order valence-electron chi connectivity index (χ2n) is 4.77. The third-order valence-electron chi connectivity index (χ3n) is 3.10. The minimum absolute atomic E-state index is 0.174. The van der Waals surface area contributed by atoms with E-state index in [0.717, 1.165) is 19.3 Å². The van der Waals surface area contributed by atoms with E-state index in [2.05, 4.69) is 21.8 Å². The molecule has 0 saturated carbocycles. The molecule has 1 heterocycles. The van der Waals surface area contributed by atoms with Gasteiger partial charge < -0.3 is 0 Å². The van der Waals surface area contributed by atoms with Crippen molar-refractivity contribution < 1.29 is 8.42 Å². The molecule has 0 unspecified atom stereocenters. The first kappa shape index (κ1) is 14.6. The van der Waals surface area contributed by atoms with Crippen LogP contribution in [0.25, 0.3) is 0 Å². The molecular formula is C14H19N3O2S. The summed E-state index contributed by atoms with van der Waals surface area (Å²) < 4.78 is 26.9. The number of sulfonamides is 1. The fourth-order valence-corrected chi connectivity index (χ4v) is 3.14. The predicted octanol–water partition coefficient (Wildman–Crippen LogP) is 2.86. The van der Waals surface area contributed by atoms with Gasteiger partial charge in [-0.1, -0.05) is 25.5 Å². The number of aromatic amines is 1. The molecule has 0 radical (unpaired) electrons. The smallest absolute Gasteiger partial charge is 0.265 e. The Morgan fingerprint density at radius 2 is 1.95 bits per heavy atom. The molecule has 0 amide bonds. The van der Waals surface area contributed by atoms with Crippen LogP contribution in [0.4, 0.5) is 5.69 Å². The fourth-order valence-electron chi connectivity index (χ4n) is 1.94. The van der Waals surface area contributed by atoms with Gasteiger partial charge in [0, 0.05) is 5.69 Å². The Morgan fingerprint density at radius 3 is 2.50 bits per heavy atom. The molecule has 2 aromatic rings. The molecule has 0 spiro atoms. The minimum atomic E-state index is -3.57. The lowest BCUT2D eigenvalue weighted by Crippen LogP contribution is -2.13. The van der Waals surface area contributed by atoms with Crippen LogP contribution in [0.15, 0.2) is 35.4 Å². The lowest BCUT2D eigenvalue weighted by atomic mass is 10.1. The average molecular weight is 293 g/mol. The van der Waals surface area contributed by atoms with Gasteiger partial charge in [-0.15, -0.1) is 0 Å². The van der Waals surface area contributed by atoms with Crippen molar-refractivity contribution in [2.45, 2.75) is 38.0 Å². The second-order valence-corrected chi connectivity index (χ2v) is 6.42. The molecule has 2 rings (SSSR count). The molecular weight excluding hydrogens is 274 g/mol. The van der Waals surface area contributed by atoms with Gasteiger partial charge in [0.05, 0.1) is 11.9 Å². The van der Waals surface area contributed by atoms with Gasteiger partial charge >= 0.3 is 0 Å². The molecule has 5 nitrogen and oxygen atoms in total. The topological polar surface area (TPSA) is 74.8 Å². The van der Waals surface area contributed by atoms with Gasteiger partial charge in [0.15, 0.2) is 0 Å². The molecule has 0 aliphatic heterocycles. The average Bonchev–Trinajstić information content (AvgIpc) is 2.85. The van der Waals surface area contributed by atoms with Crippen molar-refractivity contribution >= 4 is 15.7 Å². The zero-order valence-corrected chi connectivity index (χ0v) is 12.5. The van der Waals surface area contributed by atoms with Crippen molar-refractivity contribution in [2.75, 3.05) is 4.72 Å². The largest absolute Gasteiger partial charge is 0.281 e. The van der Waals surface area contributed by atoms with E-state index in [4.69, 9.17) is 0 Å². The highest BCUT2D eigenvalue weighted by atomic mass is 32.2. The van der Waals surface area contributed by atoms with E-state index in [1.807, 2.05) is 12.1 Å². The number of hydrogen-bond acceptors (Lipinski definition) is 3. The van der Waals surface area contributed by atoms with Gasteiger partial charge in [0.1, 0.15) is 4.90 Å². The molecule has 20 heavy (non-hydrogen) atoms. The van der Waals surface area contributed by atoms with Crippen molar-refractivity contribution in [1.82, 2.24) is 10.2 Å². The number of nitrogens with one attached hydrogen (secondary N) is 2. The molecule has 6 heteroatoms. The highest BCUT2D eigenvalue weighted by molar-refractivity contribution is 7.92. The molecule has 1 aromatic carbocycles. The maximum absolute atomic E-state index is 12.2. The van der Waals surface area contributed by atoms with E-state index in [-0.39, 0.29) is 4.90 Å². The maximum atomic E-state index is 12.2. The number of unbranched alkanes of at least 4 members (excludes halogenated alkanes) is 1. The highest BCUT2D eigenvalue weighted by Crippen LogP contribution is 2.18. The van der Waals surface area contributed by atoms with Crippen LogP contribution in [0.1, 0.15) is 31.0 Å². The number of hydrogen-bond donors (Lipinski definition) is 2. The Hall–Kier alpha value is -1.82. The summed E-state index contributed by atoms with van der Waals surface area (Å²) in [6.45, 7) is 3.82. The molecule has 2 N–H and O–H groups in total. The summed E-state index contributed by atoms with van der Waals surface area (Å²) in [7, 11) is -3.57. The van der Waals surface area contributed by atoms with Crippen LogP contribution in [0, 0.1) is 6.92 Å². The van der Waals surface area contributed by atoms with E-state index >= 15 is 0 Å². The molecule has 0 atom stereocenters. The zero-order chi connectivity index (χ0) is 14.6. The number of rotatable bonds is 6. The monoisotopic (exact) mass is 293 g/mol. The number of anilines is 1. The van der Waals surface area contributed by atoms with Crippen molar-refractivity contribution in [3.05, 3.63) is 41.7 Å². The van der Waals surface area contributed by atoms with Crippen LogP contribution < -0.4 is 4.72 Å². The Labute approximate surface area is 119 Å². The standard InChI is InChI=1S/C14H19N3O2S/c1-3-4-5-12-6-8-13(9-7-12)17-20(18,19)14-10-15-16-11(14)2/h6-10,17H,3-5H2,1-2H3,(H,15,16). The molecule has 0 aliphatic carbocycles. The van der Waals surface area contributed by atoms with Gasteiger partial charge in [-0.05, 0) is 37.5 Å². The van der Waals surface area contributed by atoms with Crippen LogP contribution in [0.2, 0.25) is 0 Å². The Bertz CT molecular complexity index is 660. The molecule has 0 fully saturated rings. The van der Waals surface area contributed by atoms with Gasteiger partial charge in [0.2, 0.25) is 0 Å². The van der Waals surface area contributed by atoms with Crippen molar-refractivity contribution in [3.63, 3.8) is 0 Å². The third kappa shape index (κ3) is 3.39. The molecule has 1 aromatic heterocycles. The van der Waals surface area contributed by atoms with Gasteiger partial charge in [-0.2, -0.15) is 5.10 Å². The SMILES string of the molecule is CCCCc1ccc(NS(=O)(=O)c2cn[nH]c2C)cc1. The molecule has 0 bridgehead atoms. The quantitative estimate of drug-likeness (QED) is 0.860. The summed E-state index contributed by atoms with van der Waals surface area (Å²) in [5.74, 6) is 0. The van der Waals surface area contributed by atoms with Crippen molar-refractivity contribution in [1.29, 1.82) is 0 Å². The number of aromatic nitrogens is 2. The predicted molar refractivity (Wildman–Crippen MR) is 79.2 cm³/mol. The Kier molecular flexibility index (Phi) is 4.44. The summed E-state index contributed by atoms with van der Waals surface area (Å²) in [6, 6.07) is 7.49. The van der Waals surface area contributed by atoms with E-state index < -0.39 is 10.0 Å². The van der Waals surface area contributed by atoms with Gasteiger partial charge in [0.25, 0.3) is 10.0 Å². The maximum Gasteiger partial charge on any atom is 0.265 e. The van der Waals surface area contributed by atoms with Crippen LogP contribution in [0.5, 0.6) is 0 Å². The number of benzene rings is 1. The summed E-state index contributed by atoms with van der Waals surface area (Å²) in [6.07, 6.45) is 4.62. The van der Waals surface area contributed by atoms with Crippen LogP contribution in [-0.2, 0) is 16.4 Å². The normalized spacial score (nSPS) is 11.5. The van der Waals surface area contributed by atoms with E-state index in [0.29, 0.717) is 11.4 Å². The highest BCUT2D eigenvalue weighted by Gasteiger charge is 2.18. The Balaban J connectivity index is 2.12. The first-order valence-electron chi connectivity index (χ1n) is 6.64. The van der Waals surface area contributed by atoms with Crippen molar-refractivity contribution in [2.24, 2.45) is 0 Å². The van der Waals surface area contributed by atoms with Crippen LogP contribution in [-0.4, -0.2) is 18.6 Å². The van der Waals surface area contributed by atoms with Crippen LogP contribution in [0.3, 0.4) is 0 Å². The minimum Gasteiger partial charge on any atom is -0.281 e. The van der Waals surface area contributed by atoms with Crippen molar-refractivity contribution in [3.8, 4) is 0 Å². The first-order chi connectivity index (χ1) is 9.53. The Morgan fingerprint density at radius 1 is 1.25 bits per heavy atom. The summed E-state index contributed by atoms with van der Waals surface area (Å²) in [5.41, 5.74) is 2.30.